The fraction of sp³-hybridized carbons (Fsp3) is 0.467. The summed E-state index contributed by atoms with van der Waals surface area (Å²) in [5, 5.41) is 3.28. The lowest BCUT2D eigenvalue weighted by Crippen LogP contribution is -2.50. The van der Waals surface area contributed by atoms with Gasteiger partial charge >= 0.3 is 0 Å². The van der Waals surface area contributed by atoms with Crippen molar-refractivity contribution in [2.45, 2.75) is 20.0 Å². The zero-order valence-electron chi connectivity index (χ0n) is 11.7. The summed E-state index contributed by atoms with van der Waals surface area (Å²) in [6.07, 6.45) is 0. The van der Waals surface area contributed by atoms with E-state index in [1.54, 1.807) is 11.8 Å². The maximum absolute atomic E-state index is 12.5. The molecule has 5 nitrogen and oxygen atoms in total. The van der Waals surface area contributed by atoms with Crippen LogP contribution in [0.1, 0.15) is 28.4 Å². The van der Waals surface area contributed by atoms with Crippen LogP contribution in [-0.4, -0.2) is 47.8 Å². The molecule has 2 heterocycles. The minimum Gasteiger partial charge on any atom is -0.339 e. The SMILES string of the molecule is CC(=O)N1CCN(C(=O)c2ccc3c(c2)CNC3)CC1. The third kappa shape index (κ3) is 2.41. The van der Waals surface area contributed by atoms with Crippen LogP contribution in [0.4, 0.5) is 0 Å². The average Bonchev–Trinajstić information content (AvgIpc) is 2.94. The van der Waals surface area contributed by atoms with Crippen molar-refractivity contribution >= 4 is 11.8 Å². The van der Waals surface area contributed by atoms with E-state index >= 15 is 0 Å². The molecule has 1 fully saturated rings. The first-order chi connectivity index (χ1) is 9.65. The highest BCUT2D eigenvalue weighted by Crippen LogP contribution is 2.18. The van der Waals surface area contributed by atoms with Gasteiger partial charge in [-0.3, -0.25) is 9.59 Å². The Morgan fingerprint density at radius 2 is 1.65 bits per heavy atom. The van der Waals surface area contributed by atoms with Crippen LogP contribution in [-0.2, 0) is 17.9 Å². The van der Waals surface area contributed by atoms with E-state index in [0.717, 1.165) is 18.7 Å². The number of nitrogens with one attached hydrogen (secondary N) is 1. The summed E-state index contributed by atoms with van der Waals surface area (Å²) >= 11 is 0. The third-order valence-electron chi connectivity index (χ3n) is 4.10. The van der Waals surface area contributed by atoms with Crippen LogP contribution in [0.15, 0.2) is 18.2 Å². The van der Waals surface area contributed by atoms with Gasteiger partial charge in [0.1, 0.15) is 0 Å². The number of nitrogens with zero attached hydrogens (tertiary/aromatic N) is 2. The van der Waals surface area contributed by atoms with Crippen LogP contribution in [0.5, 0.6) is 0 Å². The number of carbonyl (C=O) groups excluding carboxylic acids is 2. The van der Waals surface area contributed by atoms with Crippen molar-refractivity contribution in [3.63, 3.8) is 0 Å². The number of amides is 2. The van der Waals surface area contributed by atoms with E-state index in [1.165, 1.54) is 11.1 Å². The molecule has 1 saturated heterocycles. The lowest BCUT2D eigenvalue weighted by atomic mass is 10.1. The number of rotatable bonds is 1. The van der Waals surface area contributed by atoms with Crippen LogP contribution in [0.3, 0.4) is 0 Å². The fourth-order valence-electron chi connectivity index (χ4n) is 2.83. The summed E-state index contributed by atoms with van der Waals surface area (Å²) in [5.74, 6) is 0.156. The lowest BCUT2D eigenvalue weighted by Gasteiger charge is -2.34. The molecular formula is C15H19N3O2. The number of benzene rings is 1. The summed E-state index contributed by atoms with van der Waals surface area (Å²) in [5.41, 5.74) is 3.25. The molecule has 0 radical (unpaired) electrons. The van der Waals surface area contributed by atoms with Gasteiger partial charge in [0.2, 0.25) is 5.91 Å². The third-order valence-corrected chi connectivity index (χ3v) is 4.10. The van der Waals surface area contributed by atoms with Crippen molar-refractivity contribution in [3.8, 4) is 0 Å². The Balaban J connectivity index is 1.69. The van der Waals surface area contributed by atoms with Gasteiger partial charge in [-0.15, -0.1) is 0 Å². The molecule has 2 aliphatic heterocycles. The second-order valence-electron chi connectivity index (χ2n) is 5.39. The second-order valence-corrected chi connectivity index (χ2v) is 5.39. The Hall–Kier alpha value is -1.88. The molecule has 20 heavy (non-hydrogen) atoms. The Morgan fingerprint density at radius 3 is 2.35 bits per heavy atom. The molecule has 0 bridgehead atoms. The maximum Gasteiger partial charge on any atom is 0.253 e. The van der Waals surface area contributed by atoms with Crippen molar-refractivity contribution in [3.05, 3.63) is 34.9 Å². The molecular weight excluding hydrogens is 254 g/mol. The summed E-state index contributed by atoms with van der Waals surface area (Å²) in [6.45, 7) is 5.81. The van der Waals surface area contributed by atoms with Gasteiger partial charge in [-0.2, -0.15) is 0 Å². The first-order valence-corrected chi connectivity index (χ1v) is 7.02. The topological polar surface area (TPSA) is 52.7 Å². The van der Waals surface area contributed by atoms with Crippen LogP contribution in [0.25, 0.3) is 0 Å². The van der Waals surface area contributed by atoms with Gasteiger partial charge in [0.05, 0.1) is 0 Å². The van der Waals surface area contributed by atoms with Crippen LogP contribution in [0, 0.1) is 0 Å². The Labute approximate surface area is 118 Å². The molecule has 2 amide bonds. The van der Waals surface area contributed by atoms with E-state index in [9.17, 15) is 9.59 Å². The smallest absolute Gasteiger partial charge is 0.253 e. The molecule has 0 unspecified atom stereocenters. The van der Waals surface area contributed by atoms with Gasteiger partial charge in [-0.1, -0.05) is 6.07 Å². The van der Waals surface area contributed by atoms with Crippen LogP contribution >= 0.6 is 0 Å². The van der Waals surface area contributed by atoms with Crippen molar-refractivity contribution in [2.24, 2.45) is 0 Å². The Kier molecular flexibility index (Phi) is 3.44. The highest BCUT2D eigenvalue weighted by Gasteiger charge is 2.24. The monoisotopic (exact) mass is 273 g/mol. The van der Waals surface area contributed by atoms with E-state index in [-0.39, 0.29) is 11.8 Å². The first-order valence-electron chi connectivity index (χ1n) is 7.02. The lowest BCUT2D eigenvalue weighted by molar-refractivity contribution is -0.130. The first kappa shape index (κ1) is 13.1. The molecule has 1 N–H and O–H groups in total. The molecule has 0 spiro atoms. The predicted octanol–water partition coefficient (Wildman–Crippen LogP) is 0.594. The molecule has 1 aromatic rings. The maximum atomic E-state index is 12.5. The van der Waals surface area contributed by atoms with Crippen LogP contribution in [0.2, 0.25) is 0 Å². The molecule has 0 saturated carbocycles. The largest absolute Gasteiger partial charge is 0.339 e. The fourth-order valence-corrected chi connectivity index (χ4v) is 2.83. The Bertz CT molecular complexity index is 548. The molecule has 0 aliphatic carbocycles. The van der Waals surface area contributed by atoms with E-state index in [4.69, 9.17) is 0 Å². The van der Waals surface area contributed by atoms with E-state index in [0.29, 0.717) is 26.2 Å². The van der Waals surface area contributed by atoms with Crippen molar-refractivity contribution in [2.75, 3.05) is 26.2 Å². The zero-order chi connectivity index (χ0) is 14.1. The number of carbonyl (C=O) groups is 2. The van der Waals surface area contributed by atoms with Gasteiger partial charge in [0.25, 0.3) is 5.91 Å². The van der Waals surface area contributed by atoms with E-state index < -0.39 is 0 Å². The molecule has 2 aliphatic rings. The molecule has 3 rings (SSSR count). The number of fused-ring (bicyclic) bond motifs is 1. The quantitative estimate of drug-likeness (QED) is 0.815. The number of hydrogen-bond acceptors (Lipinski definition) is 3. The average molecular weight is 273 g/mol. The van der Waals surface area contributed by atoms with Crippen molar-refractivity contribution in [1.29, 1.82) is 0 Å². The van der Waals surface area contributed by atoms with Gasteiger partial charge in [0.15, 0.2) is 0 Å². The molecule has 1 aromatic carbocycles. The molecule has 5 heteroatoms. The molecule has 0 atom stereocenters. The summed E-state index contributed by atoms with van der Waals surface area (Å²) in [6, 6.07) is 5.94. The normalized spacial score (nSPS) is 18.1. The van der Waals surface area contributed by atoms with E-state index in [1.807, 2.05) is 23.1 Å². The zero-order valence-corrected chi connectivity index (χ0v) is 11.7. The summed E-state index contributed by atoms with van der Waals surface area (Å²) in [4.78, 5) is 27.4. The van der Waals surface area contributed by atoms with Gasteiger partial charge < -0.3 is 15.1 Å². The number of hydrogen-bond donors (Lipinski definition) is 1. The van der Waals surface area contributed by atoms with Gasteiger partial charge in [0, 0.05) is 51.8 Å². The highest BCUT2D eigenvalue weighted by atomic mass is 16.2. The van der Waals surface area contributed by atoms with Crippen molar-refractivity contribution < 1.29 is 9.59 Å². The minimum absolute atomic E-state index is 0.0721. The van der Waals surface area contributed by atoms with Crippen LogP contribution < -0.4 is 5.32 Å². The molecule has 0 aromatic heterocycles. The standard InChI is InChI=1S/C15H19N3O2/c1-11(19)17-4-6-18(7-5-17)15(20)12-2-3-13-9-16-10-14(13)8-12/h2-3,8,16H,4-7,9-10H2,1H3. The summed E-state index contributed by atoms with van der Waals surface area (Å²) < 4.78 is 0. The second kappa shape index (κ2) is 5.25. The summed E-state index contributed by atoms with van der Waals surface area (Å²) in [7, 11) is 0. The van der Waals surface area contributed by atoms with Gasteiger partial charge in [-0.25, -0.2) is 0 Å². The Morgan fingerprint density at radius 1 is 1.00 bits per heavy atom. The highest BCUT2D eigenvalue weighted by molar-refractivity contribution is 5.94. The van der Waals surface area contributed by atoms with Crippen molar-refractivity contribution in [1.82, 2.24) is 15.1 Å². The minimum atomic E-state index is 0.0721. The van der Waals surface area contributed by atoms with Gasteiger partial charge in [-0.05, 0) is 23.3 Å². The number of piperazine rings is 1. The predicted molar refractivity (Wildman–Crippen MR) is 75.1 cm³/mol. The van der Waals surface area contributed by atoms with E-state index in [2.05, 4.69) is 5.32 Å². The molecule has 106 valence electrons.